The highest BCUT2D eigenvalue weighted by Gasteiger charge is 2.22. The fraction of sp³-hybridized carbons (Fsp3) is 0.250. The highest BCUT2D eigenvalue weighted by Crippen LogP contribution is 2.35. The Labute approximate surface area is 160 Å². The summed E-state index contributed by atoms with van der Waals surface area (Å²) in [6, 6.07) is 7.40. The van der Waals surface area contributed by atoms with Crippen molar-refractivity contribution in [1.29, 1.82) is 0 Å². The molecule has 0 aliphatic heterocycles. The van der Waals surface area contributed by atoms with Crippen LogP contribution in [0.4, 0.5) is 0 Å². The summed E-state index contributed by atoms with van der Waals surface area (Å²) in [4.78, 5) is 15.7. The maximum absolute atomic E-state index is 11.2. The van der Waals surface area contributed by atoms with Crippen LogP contribution in [0.1, 0.15) is 42.2 Å². The molecule has 27 heavy (non-hydrogen) atoms. The highest BCUT2D eigenvalue weighted by atomic mass is 35.5. The molecule has 1 atom stereocenters. The summed E-state index contributed by atoms with van der Waals surface area (Å²) in [5, 5.41) is 18.9. The first kappa shape index (κ1) is 17.5. The van der Waals surface area contributed by atoms with E-state index in [1.165, 1.54) is 6.20 Å². The van der Waals surface area contributed by atoms with Crippen molar-refractivity contribution in [3.8, 4) is 0 Å². The number of H-pyrrole nitrogens is 1. The first-order chi connectivity index (χ1) is 12.9. The number of pyridine rings is 1. The third-order valence-electron chi connectivity index (χ3n) is 4.73. The maximum atomic E-state index is 11.2. The highest BCUT2D eigenvalue weighted by molar-refractivity contribution is 6.31. The van der Waals surface area contributed by atoms with Gasteiger partial charge in [-0.15, -0.1) is 0 Å². The number of carboxylic acids is 1. The van der Waals surface area contributed by atoms with Gasteiger partial charge in [0, 0.05) is 33.8 Å². The average Bonchev–Trinajstić information content (AvgIpc) is 3.24. The van der Waals surface area contributed by atoms with Crippen LogP contribution in [0.3, 0.4) is 0 Å². The van der Waals surface area contributed by atoms with Crippen molar-refractivity contribution in [2.45, 2.75) is 26.3 Å². The third kappa shape index (κ3) is 3.17. The summed E-state index contributed by atoms with van der Waals surface area (Å²) >= 11 is 6.36. The molecule has 138 valence electrons. The number of fused-ring (bicyclic) bond motifs is 2. The first-order valence-corrected chi connectivity index (χ1v) is 9.14. The van der Waals surface area contributed by atoms with E-state index in [1.807, 2.05) is 24.4 Å². The second kappa shape index (κ2) is 6.70. The zero-order chi connectivity index (χ0) is 19.1. The van der Waals surface area contributed by atoms with Crippen LogP contribution in [0.5, 0.6) is 0 Å². The Morgan fingerprint density at radius 2 is 2.07 bits per heavy atom. The van der Waals surface area contributed by atoms with E-state index in [-0.39, 0.29) is 11.6 Å². The van der Waals surface area contributed by atoms with Crippen LogP contribution in [0.25, 0.3) is 21.9 Å². The molecule has 3 heterocycles. The fourth-order valence-corrected chi connectivity index (χ4v) is 3.79. The van der Waals surface area contributed by atoms with Crippen molar-refractivity contribution in [1.82, 2.24) is 19.7 Å². The van der Waals surface area contributed by atoms with Gasteiger partial charge in [0.1, 0.15) is 5.65 Å². The summed E-state index contributed by atoms with van der Waals surface area (Å²) in [6.07, 6.45) is 6.00. The second-order valence-corrected chi connectivity index (χ2v) is 7.58. The molecular weight excluding hydrogens is 364 g/mol. The zero-order valence-electron chi connectivity index (χ0n) is 15.0. The van der Waals surface area contributed by atoms with Crippen LogP contribution in [0.15, 0.2) is 42.9 Å². The number of aromatic carboxylic acids is 1. The first-order valence-electron chi connectivity index (χ1n) is 8.76. The molecule has 0 bridgehead atoms. The van der Waals surface area contributed by atoms with Gasteiger partial charge in [0.25, 0.3) is 0 Å². The van der Waals surface area contributed by atoms with Crippen molar-refractivity contribution in [3.05, 3.63) is 59.0 Å². The average molecular weight is 383 g/mol. The van der Waals surface area contributed by atoms with Gasteiger partial charge in [0.15, 0.2) is 0 Å². The summed E-state index contributed by atoms with van der Waals surface area (Å²) < 4.78 is 2.09. The molecule has 0 fully saturated rings. The predicted molar refractivity (Wildman–Crippen MR) is 105 cm³/mol. The predicted octanol–water partition coefficient (Wildman–Crippen LogP) is 4.90. The van der Waals surface area contributed by atoms with Gasteiger partial charge in [-0.3, -0.25) is 5.10 Å². The number of nitrogens with one attached hydrogen (secondary N) is 1. The Balaban J connectivity index is 1.91. The van der Waals surface area contributed by atoms with Gasteiger partial charge in [0.05, 0.1) is 23.3 Å². The van der Waals surface area contributed by atoms with E-state index >= 15 is 0 Å². The van der Waals surface area contributed by atoms with E-state index in [0.717, 1.165) is 33.9 Å². The molecule has 0 aliphatic carbocycles. The number of carboxylic acid groups (broad SMARTS) is 1. The summed E-state index contributed by atoms with van der Waals surface area (Å²) in [5.74, 6) is -0.549. The lowest BCUT2D eigenvalue weighted by molar-refractivity contribution is 0.0696. The van der Waals surface area contributed by atoms with Crippen LogP contribution in [-0.2, 0) is 0 Å². The van der Waals surface area contributed by atoms with Crippen LogP contribution in [0.2, 0.25) is 5.02 Å². The van der Waals surface area contributed by atoms with Crippen molar-refractivity contribution < 1.29 is 9.90 Å². The van der Waals surface area contributed by atoms with Crippen molar-refractivity contribution in [2.24, 2.45) is 5.92 Å². The molecule has 6 nitrogen and oxygen atoms in total. The lowest BCUT2D eigenvalue weighted by Gasteiger charge is -2.23. The minimum Gasteiger partial charge on any atom is -0.478 e. The smallest absolute Gasteiger partial charge is 0.337 e. The largest absolute Gasteiger partial charge is 0.478 e. The van der Waals surface area contributed by atoms with Gasteiger partial charge in [-0.25, -0.2) is 9.78 Å². The molecule has 4 aromatic rings. The Bertz CT molecular complexity index is 1150. The van der Waals surface area contributed by atoms with Crippen LogP contribution in [0, 0.1) is 5.92 Å². The number of hydrogen-bond donors (Lipinski definition) is 2. The molecule has 7 heteroatoms. The summed E-state index contributed by atoms with van der Waals surface area (Å²) in [7, 11) is 0. The number of rotatable bonds is 5. The topological polar surface area (TPSA) is 83.8 Å². The normalized spacial score (nSPS) is 12.9. The molecule has 0 saturated carbocycles. The molecule has 2 N–H and O–H groups in total. The number of benzene rings is 1. The van der Waals surface area contributed by atoms with E-state index < -0.39 is 5.97 Å². The molecule has 0 saturated heterocycles. The van der Waals surface area contributed by atoms with Crippen LogP contribution >= 0.6 is 11.6 Å². The van der Waals surface area contributed by atoms with E-state index in [1.54, 1.807) is 12.3 Å². The van der Waals surface area contributed by atoms with Gasteiger partial charge in [-0.2, -0.15) is 5.10 Å². The molecule has 1 aromatic carbocycles. The maximum Gasteiger partial charge on any atom is 0.337 e. The van der Waals surface area contributed by atoms with Crippen molar-refractivity contribution in [2.75, 3.05) is 0 Å². The Kier molecular flexibility index (Phi) is 4.36. The molecular formula is C20H19ClN4O2. The van der Waals surface area contributed by atoms with Crippen LogP contribution < -0.4 is 0 Å². The number of hydrogen-bond acceptors (Lipinski definition) is 3. The van der Waals surface area contributed by atoms with Gasteiger partial charge in [-0.1, -0.05) is 25.4 Å². The zero-order valence-corrected chi connectivity index (χ0v) is 15.7. The van der Waals surface area contributed by atoms with E-state index in [0.29, 0.717) is 10.9 Å². The molecule has 0 radical (unpaired) electrons. The number of aromatic amines is 1. The van der Waals surface area contributed by atoms with Gasteiger partial charge < -0.3 is 9.67 Å². The Hall–Kier alpha value is -2.86. The third-order valence-corrected chi connectivity index (χ3v) is 4.95. The second-order valence-electron chi connectivity index (χ2n) is 7.14. The Morgan fingerprint density at radius 3 is 2.81 bits per heavy atom. The number of carbonyl (C=O) groups is 1. The molecule has 0 amide bonds. The monoisotopic (exact) mass is 382 g/mol. The lowest BCUT2D eigenvalue weighted by atomic mass is 9.95. The molecule has 3 aromatic heterocycles. The van der Waals surface area contributed by atoms with E-state index in [4.69, 9.17) is 11.6 Å². The minimum atomic E-state index is -0.982. The van der Waals surface area contributed by atoms with E-state index in [2.05, 4.69) is 33.6 Å². The molecule has 1 unspecified atom stereocenters. The molecule has 0 spiro atoms. The Morgan fingerprint density at radius 1 is 1.26 bits per heavy atom. The van der Waals surface area contributed by atoms with Crippen LogP contribution in [-0.4, -0.2) is 30.8 Å². The summed E-state index contributed by atoms with van der Waals surface area (Å²) in [6.45, 7) is 4.34. The molecule has 0 aliphatic rings. The molecule has 4 rings (SSSR count). The van der Waals surface area contributed by atoms with Gasteiger partial charge in [-0.05, 0) is 36.6 Å². The number of aromatic nitrogens is 4. The van der Waals surface area contributed by atoms with Gasteiger partial charge in [0.2, 0.25) is 0 Å². The number of nitrogens with zero attached hydrogens (tertiary/aromatic N) is 3. The lowest BCUT2D eigenvalue weighted by Crippen LogP contribution is -2.14. The van der Waals surface area contributed by atoms with Gasteiger partial charge >= 0.3 is 5.97 Å². The van der Waals surface area contributed by atoms with Crippen molar-refractivity contribution in [3.63, 3.8) is 0 Å². The fourth-order valence-electron chi connectivity index (χ4n) is 3.56. The number of halogens is 1. The van der Waals surface area contributed by atoms with E-state index in [9.17, 15) is 9.90 Å². The van der Waals surface area contributed by atoms with Crippen molar-refractivity contribution >= 4 is 39.5 Å². The SMILES string of the molecule is CC(C)CC(c1cc(Cl)cc2cn[nH]c12)n1ccc2cc(C(=O)O)cnc21. The standard InChI is InChI=1S/C20H19ClN4O2/c1-11(2)5-17(16-8-15(21)7-13-10-23-24-18(13)16)25-4-3-12-6-14(20(26)27)9-22-19(12)25/h3-4,6-11,17H,5H2,1-2H3,(H,23,24)(H,26,27). The quantitative estimate of drug-likeness (QED) is 0.514. The summed E-state index contributed by atoms with van der Waals surface area (Å²) in [5.41, 5.74) is 2.93. The minimum absolute atomic E-state index is 0.00710.